The minimum absolute atomic E-state index is 0.500. The van der Waals surface area contributed by atoms with Crippen LogP contribution in [0.25, 0.3) is 0 Å². The van der Waals surface area contributed by atoms with E-state index in [-0.39, 0.29) is 0 Å². The summed E-state index contributed by atoms with van der Waals surface area (Å²) in [6.45, 7) is 5.48. The molecule has 1 N–H and O–H groups in total. The Bertz CT molecular complexity index is 348. The number of hydrogen-bond donors (Lipinski definition) is 1. The van der Waals surface area contributed by atoms with Gasteiger partial charge in [0.1, 0.15) is 5.75 Å². The number of hydrogen-bond acceptors (Lipinski definition) is 2. The van der Waals surface area contributed by atoms with E-state index in [0.717, 1.165) is 12.3 Å². The highest BCUT2D eigenvalue weighted by atomic mass is 16.5. The largest absolute Gasteiger partial charge is 0.497 e. The van der Waals surface area contributed by atoms with Gasteiger partial charge in [0.15, 0.2) is 0 Å². The van der Waals surface area contributed by atoms with Gasteiger partial charge in [0, 0.05) is 6.04 Å². The molecular formula is C13H19NO. The third-order valence-electron chi connectivity index (χ3n) is 3.22. The average molecular weight is 205 g/mol. The molecule has 1 aliphatic rings. The molecule has 1 aromatic carbocycles. The van der Waals surface area contributed by atoms with E-state index in [9.17, 15) is 0 Å². The van der Waals surface area contributed by atoms with Crippen molar-refractivity contribution >= 4 is 0 Å². The van der Waals surface area contributed by atoms with E-state index in [0.29, 0.717) is 12.0 Å². The fourth-order valence-corrected chi connectivity index (χ4v) is 2.48. The summed E-state index contributed by atoms with van der Waals surface area (Å²) in [6.07, 6.45) is 1.18. The van der Waals surface area contributed by atoms with Gasteiger partial charge in [-0.05, 0) is 42.1 Å². The Morgan fingerprint density at radius 1 is 1.47 bits per heavy atom. The van der Waals surface area contributed by atoms with Gasteiger partial charge in [0.25, 0.3) is 0 Å². The van der Waals surface area contributed by atoms with Gasteiger partial charge >= 0.3 is 0 Å². The first kappa shape index (κ1) is 10.5. The van der Waals surface area contributed by atoms with Crippen LogP contribution in [0.2, 0.25) is 0 Å². The molecule has 0 spiro atoms. The Balaban J connectivity index is 2.32. The summed E-state index contributed by atoms with van der Waals surface area (Å²) < 4.78 is 5.27. The van der Waals surface area contributed by atoms with Crippen LogP contribution in [0.15, 0.2) is 18.2 Å². The van der Waals surface area contributed by atoms with Crippen molar-refractivity contribution in [3.8, 4) is 5.75 Å². The lowest BCUT2D eigenvalue weighted by Gasteiger charge is -2.17. The van der Waals surface area contributed by atoms with Crippen molar-refractivity contribution in [3.63, 3.8) is 0 Å². The first-order chi connectivity index (χ1) is 7.26. The van der Waals surface area contributed by atoms with Crippen molar-refractivity contribution in [1.29, 1.82) is 0 Å². The summed E-state index contributed by atoms with van der Waals surface area (Å²) in [4.78, 5) is 0. The fourth-order valence-electron chi connectivity index (χ4n) is 2.48. The second-order valence-electron chi connectivity index (χ2n) is 4.28. The molecule has 2 nitrogen and oxygen atoms in total. The van der Waals surface area contributed by atoms with E-state index < -0.39 is 0 Å². The molecule has 2 atom stereocenters. The molecule has 0 aromatic heterocycles. The van der Waals surface area contributed by atoms with Gasteiger partial charge in [-0.1, -0.05) is 19.9 Å². The quantitative estimate of drug-likeness (QED) is 0.818. The molecule has 1 aromatic rings. The van der Waals surface area contributed by atoms with Crippen LogP contribution < -0.4 is 10.1 Å². The molecule has 1 aliphatic carbocycles. The predicted molar refractivity (Wildman–Crippen MR) is 62.3 cm³/mol. The standard InChI is InChI=1S/C13H19NO/c1-4-14-13-9(2)7-10-5-6-11(15-3)8-12(10)13/h5-6,8-9,13-14H,4,7H2,1-3H3. The molecule has 0 bridgehead atoms. The minimum Gasteiger partial charge on any atom is -0.497 e. The molecule has 0 fully saturated rings. The number of methoxy groups -OCH3 is 1. The summed E-state index contributed by atoms with van der Waals surface area (Å²) in [5, 5.41) is 3.55. The smallest absolute Gasteiger partial charge is 0.119 e. The fraction of sp³-hybridized carbons (Fsp3) is 0.538. The lowest BCUT2D eigenvalue weighted by molar-refractivity contribution is 0.408. The Morgan fingerprint density at radius 3 is 2.93 bits per heavy atom. The lowest BCUT2D eigenvalue weighted by atomic mass is 10.0. The van der Waals surface area contributed by atoms with Gasteiger partial charge in [-0.3, -0.25) is 0 Å². The number of rotatable bonds is 3. The molecule has 0 saturated heterocycles. The van der Waals surface area contributed by atoms with Crippen LogP contribution in [0.5, 0.6) is 5.75 Å². The Morgan fingerprint density at radius 2 is 2.27 bits per heavy atom. The zero-order chi connectivity index (χ0) is 10.8. The summed E-state index contributed by atoms with van der Waals surface area (Å²) in [7, 11) is 1.72. The molecular weight excluding hydrogens is 186 g/mol. The lowest BCUT2D eigenvalue weighted by Crippen LogP contribution is -2.23. The molecule has 2 unspecified atom stereocenters. The maximum absolute atomic E-state index is 5.27. The van der Waals surface area contributed by atoms with Crippen LogP contribution in [0, 0.1) is 5.92 Å². The van der Waals surface area contributed by atoms with E-state index in [4.69, 9.17) is 4.74 Å². The van der Waals surface area contributed by atoms with Gasteiger partial charge in [0.2, 0.25) is 0 Å². The third kappa shape index (κ3) is 1.86. The molecule has 0 amide bonds. The van der Waals surface area contributed by atoms with Crippen molar-refractivity contribution < 1.29 is 4.74 Å². The van der Waals surface area contributed by atoms with E-state index in [1.165, 1.54) is 17.5 Å². The van der Waals surface area contributed by atoms with Gasteiger partial charge in [-0.2, -0.15) is 0 Å². The van der Waals surface area contributed by atoms with Gasteiger partial charge in [0.05, 0.1) is 7.11 Å². The molecule has 0 radical (unpaired) electrons. The number of nitrogens with one attached hydrogen (secondary N) is 1. The zero-order valence-corrected chi connectivity index (χ0v) is 9.71. The van der Waals surface area contributed by atoms with E-state index in [2.05, 4.69) is 37.4 Å². The summed E-state index contributed by atoms with van der Waals surface area (Å²) >= 11 is 0. The first-order valence-corrected chi connectivity index (χ1v) is 5.66. The van der Waals surface area contributed by atoms with E-state index in [1.807, 2.05) is 0 Å². The van der Waals surface area contributed by atoms with Crippen LogP contribution >= 0.6 is 0 Å². The molecule has 15 heavy (non-hydrogen) atoms. The normalized spacial score (nSPS) is 23.9. The van der Waals surface area contributed by atoms with Gasteiger partial charge < -0.3 is 10.1 Å². The maximum atomic E-state index is 5.27. The van der Waals surface area contributed by atoms with E-state index >= 15 is 0 Å². The van der Waals surface area contributed by atoms with Crippen molar-refractivity contribution in [2.75, 3.05) is 13.7 Å². The number of benzene rings is 1. The predicted octanol–water partition coefficient (Wildman–Crippen LogP) is 2.54. The summed E-state index contributed by atoms with van der Waals surface area (Å²) in [6, 6.07) is 6.92. The topological polar surface area (TPSA) is 21.3 Å². The Labute approximate surface area is 91.6 Å². The Hall–Kier alpha value is -1.02. The molecule has 2 heteroatoms. The first-order valence-electron chi connectivity index (χ1n) is 5.66. The summed E-state index contributed by atoms with van der Waals surface area (Å²) in [5.41, 5.74) is 2.89. The van der Waals surface area contributed by atoms with Crippen LogP contribution in [0.4, 0.5) is 0 Å². The van der Waals surface area contributed by atoms with Crippen molar-refractivity contribution in [3.05, 3.63) is 29.3 Å². The van der Waals surface area contributed by atoms with Crippen LogP contribution in [0.1, 0.15) is 31.0 Å². The summed E-state index contributed by atoms with van der Waals surface area (Å²) in [5.74, 6) is 1.65. The van der Waals surface area contributed by atoms with Crippen molar-refractivity contribution in [1.82, 2.24) is 5.32 Å². The minimum atomic E-state index is 0.500. The highest BCUT2D eigenvalue weighted by molar-refractivity contribution is 5.41. The Kier molecular flexibility index (Phi) is 2.96. The monoisotopic (exact) mass is 205 g/mol. The van der Waals surface area contributed by atoms with E-state index in [1.54, 1.807) is 7.11 Å². The van der Waals surface area contributed by atoms with Crippen LogP contribution in [0.3, 0.4) is 0 Å². The second kappa shape index (κ2) is 4.23. The average Bonchev–Trinajstić information content (AvgIpc) is 2.55. The maximum Gasteiger partial charge on any atom is 0.119 e. The third-order valence-corrected chi connectivity index (χ3v) is 3.22. The SMILES string of the molecule is CCNC1c2cc(OC)ccc2CC1C. The van der Waals surface area contributed by atoms with Gasteiger partial charge in [-0.25, -0.2) is 0 Å². The molecule has 0 heterocycles. The number of ether oxygens (including phenoxy) is 1. The highest BCUT2D eigenvalue weighted by Crippen LogP contribution is 2.37. The molecule has 0 aliphatic heterocycles. The van der Waals surface area contributed by atoms with Gasteiger partial charge in [-0.15, -0.1) is 0 Å². The molecule has 82 valence electrons. The molecule has 2 rings (SSSR count). The van der Waals surface area contributed by atoms with Crippen molar-refractivity contribution in [2.24, 2.45) is 5.92 Å². The molecule has 0 saturated carbocycles. The number of fused-ring (bicyclic) bond motifs is 1. The van der Waals surface area contributed by atoms with Crippen LogP contribution in [-0.4, -0.2) is 13.7 Å². The second-order valence-corrected chi connectivity index (χ2v) is 4.28. The zero-order valence-electron chi connectivity index (χ0n) is 9.71. The highest BCUT2D eigenvalue weighted by Gasteiger charge is 2.28. The van der Waals surface area contributed by atoms with Crippen molar-refractivity contribution in [2.45, 2.75) is 26.3 Å². The van der Waals surface area contributed by atoms with Crippen LogP contribution in [-0.2, 0) is 6.42 Å².